The summed E-state index contributed by atoms with van der Waals surface area (Å²) in [7, 11) is 0. The van der Waals surface area contributed by atoms with E-state index in [9.17, 15) is 14.4 Å². The van der Waals surface area contributed by atoms with Crippen LogP contribution in [0.5, 0.6) is 0 Å². The number of carbonyl (C=O) groups is 3. The minimum atomic E-state index is -1.01. The first-order valence-electron chi connectivity index (χ1n) is 5.51. The molecule has 1 saturated carbocycles. The van der Waals surface area contributed by atoms with E-state index < -0.39 is 12.1 Å². The molecule has 5 nitrogen and oxygen atoms in total. The van der Waals surface area contributed by atoms with Gasteiger partial charge in [-0.1, -0.05) is 18.2 Å². The topological polar surface area (TPSA) is 91.7 Å². The molecule has 1 aliphatic carbocycles. The number of benzene rings is 1. The summed E-state index contributed by atoms with van der Waals surface area (Å²) in [6, 6.07) is 8.30. The van der Waals surface area contributed by atoms with Crippen molar-refractivity contribution in [3.63, 3.8) is 0 Å². The SMILES string of the molecule is O=C(O)c1ccccc1.O=C1CCC(=O)C(O)C1. The van der Waals surface area contributed by atoms with Crippen molar-refractivity contribution in [2.45, 2.75) is 25.4 Å². The minimum absolute atomic E-state index is 0.0119. The second kappa shape index (κ2) is 6.66. The molecule has 1 aromatic rings. The van der Waals surface area contributed by atoms with E-state index in [2.05, 4.69) is 0 Å². The zero-order valence-electron chi connectivity index (χ0n) is 9.70. The third-order valence-electron chi connectivity index (χ3n) is 2.46. The zero-order chi connectivity index (χ0) is 13.5. The van der Waals surface area contributed by atoms with Crippen molar-refractivity contribution in [1.82, 2.24) is 0 Å². The Morgan fingerprint density at radius 3 is 2.11 bits per heavy atom. The Labute approximate surface area is 104 Å². The number of hydrogen-bond donors (Lipinski definition) is 2. The normalized spacial score (nSPS) is 18.8. The Morgan fingerprint density at radius 1 is 1.11 bits per heavy atom. The van der Waals surface area contributed by atoms with Crippen molar-refractivity contribution in [3.8, 4) is 0 Å². The summed E-state index contributed by atoms with van der Waals surface area (Å²) in [5.41, 5.74) is 0.331. The highest BCUT2D eigenvalue weighted by Crippen LogP contribution is 2.10. The average Bonchev–Trinajstić information content (AvgIpc) is 2.36. The highest BCUT2D eigenvalue weighted by atomic mass is 16.4. The Bertz CT molecular complexity index is 438. The fourth-order valence-electron chi connectivity index (χ4n) is 1.44. The summed E-state index contributed by atoms with van der Waals surface area (Å²) in [6.07, 6.45) is -0.444. The number of carboxylic acid groups (broad SMARTS) is 1. The largest absolute Gasteiger partial charge is 0.478 e. The van der Waals surface area contributed by atoms with Crippen molar-refractivity contribution >= 4 is 17.5 Å². The van der Waals surface area contributed by atoms with Crippen LogP contribution in [-0.2, 0) is 9.59 Å². The van der Waals surface area contributed by atoms with Crippen molar-refractivity contribution < 1.29 is 24.6 Å². The standard InChI is InChI=1S/C7H6O2.C6H8O3/c8-7(9)6-4-2-1-3-5-6;7-4-1-2-5(8)6(9)3-4/h1-5H,(H,8,9);6,9H,1-3H2. The number of Topliss-reactive ketones (excluding diaryl/α,β-unsaturated/α-hetero) is 2. The molecule has 0 heterocycles. The van der Waals surface area contributed by atoms with Crippen LogP contribution in [0.3, 0.4) is 0 Å². The van der Waals surface area contributed by atoms with Gasteiger partial charge in [-0.15, -0.1) is 0 Å². The fraction of sp³-hybridized carbons (Fsp3) is 0.308. The highest BCUT2D eigenvalue weighted by molar-refractivity contribution is 5.95. The van der Waals surface area contributed by atoms with E-state index in [0.717, 1.165) is 0 Å². The molecule has 18 heavy (non-hydrogen) atoms. The van der Waals surface area contributed by atoms with Crippen LogP contribution >= 0.6 is 0 Å². The molecule has 1 unspecified atom stereocenters. The van der Waals surface area contributed by atoms with Gasteiger partial charge in [-0.25, -0.2) is 4.79 Å². The van der Waals surface area contributed by atoms with Crippen LogP contribution in [0.4, 0.5) is 0 Å². The summed E-state index contributed by atoms with van der Waals surface area (Å²) in [4.78, 5) is 31.2. The molecule has 96 valence electrons. The fourth-order valence-corrected chi connectivity index (χ4v) is 1.44. The van der Waals surface area contributed by atoms with E-state index in [4.69, 9.17) is 10.2 Å². The second-order valence-electron chi connectivity index (χ2n) is 3.90. The lowest BCUT2D eigenvalue weighted by Gasteiger charge is -2.12. The van der Waals surface area contributed by atoms with Crippen molar-refractivity contribution in [1.29, 1.82) is 0 Å². The Morgan fingerprint density at radius 2 is 1.72 bits per heavy atom. The van der Waals surface area contributed by atoms with Gasteiger partial charge in [0, 0.05) is 19.3 Å². The number of carboxylic acids is 1. The molecule has 0 aromatic heterocycles. The Balaban J connectivity index is 0.000000180. The average molecular weight is 250 g/mol. The van der Waals surface area contributed by atoms with E-state index in [-0.39, 0.29) is 24.4 Å². The molecule has 0 amide bonds. The van der Waals surface area contributed by atoms with Gasteiger partial charge in [-0.05, 0) is 12.1 Å². The Kier molecular flexibility index (Phi) is 5.20. The van der Waals surface area contributed by atoms with Crippen LogP contribution < -0.4 is 0 Å². The molecule has 0 aliphatic heterocycles. The molecular weight excluding hydrogens is 236 g/mol. The number of carbonyl (C=O) groups excluding carboxylic acids is 2. The van der Waals surface area contributed by atoms with E-state index >= 15 is 0 Å². The van der Waals surface area contributed by atoms with E-state index in [0.29, 0.717) is 12.0 Å². The quantitative estimate of drug-likeness (QED) is 0.777. The van der Waals surface area contributed by atoms with Crippen molar-refractivity contribution in [3.05, 3.63) is 35.9 Å². The lowest BCUT2D eigenvalue weighted by molar-refractivity contribution is -0.137. The molecule has 1 aromatic carbocycles. The molecule has 1 aliphatic rings. The van der Waals surface area contributed by atoms with Gasteiger partial charge < -0.3 is 10.2 Å². The second-order valence-corrected chi connectivity index (χ2v) is 3.90. The first kappa shape index (κ1) is 14.1. The van der Waals surface area contributed by atoms with E-state index in [1.165, 1.54) is 0 Å². The molecule has 0 bridgehead atoms. The van der Waals surface area contributed by atoms with Crippen LogP contribution in [0.25, 0.3) is 0 Å². The van der Waals surface area contributed by atoms with Crippen molar-refractivity contribution in [2.75, 3.05) is 0 Å². The number of ketones is 2. The molecule has 0 spiro atoms. The van der Waals surface area contributed by atoms with Gasteiger partial charge >= 0.3 is 5.97 Å². The molecule has 5 heteroatoms. The molecule has 0 saturated heterocycles. The Hall–Kier alpha value is -2.01. The molecule has 1 fully saturated rings. The summed E-state index contributed by atoms with van der Waals surface area (Å²) in [5.74, 6) is -1.09. The maximum Gasteiger partial charge on any atom is 0.335 e. The molecular formula is C13H14O5. The number of aliphatic hydroxyl groups excluding tert-OH is 1. The molecule has 2 rings (SSSR count). The third kappa shape index (κ3) is 4.47. The van der Waals surface area contributed by atoms with Gasteiger partial charge in [-0.2, -0.15) is 0 Å². The van der Waals surface area contributed by atoms with E-state index in [1.54, 1.807) is 30.3 Å². The highest BCUT2D eigenvalue weighted by Gasteiger charge is 2.24. The monoisotopic (exact) mass is 250 g/mol. The predicted octanol–water partition coefficient (Wildman–Crippen LogP) is 1.05. The predicted molar refractivity (Wildman–Crippen MR) is 63.3 cm³/mol. The summed E-state index contributed by atoms with van der Waals surface area (Å²) in [6.45, 7) is 0. The van der Waals surface area contributed by atoms with Gasteiger partial charge in [0.25, 0.3) is 0 Å². The first-order chi connectivity index (χ1) is 8.50. The lowest BCUT2D eigenvalue weighted by atomic mass is 9.95. The summed E-state index contributed by atoms with van der Waals surface area (Å²) in [5, 5.41) is 17.2. The van der Waals surface area contributed by atoms with Crippen LogP contribution in [0, 0.1) is 0 Å². The summed E-state index contributed by atoms with van der Waals surface area (Å²) >= 11 is 0. The van der Waals surface area contributed by atoms with E-state index in [1.807, 2.05) is 0 Å². The van der Waals surface area contributed by atoms with Gasteiger partial charge in [0.1, 0.15) is 11.9 Å². The van der Waals surface area contributed by atoms with Gasteiger partial charge in [-0.3, -0.25) is 9.59 Å². The van der Waals surface area contributed by atoms with Gasteiger partial charge in [0.2, 0.25) is 0 Å². The smallest absolute Gasteiger partial charge is 0.335 e. The van der Waals surface area contributed by atoms with Gasteiger partial charge in [0.05, 0.1) is 5.56 Å². The minimum Gasteiger partial charge on any atom is -0.478 e. The summed E-state index contributed by atoms with van der Waals surface area (Å²) < 4.78 is 0. The lowest BCUT2D eigenvalue weighted by Crippen LogP contribution is -2.29. The van der Waals surface area contributed by atoms with Crippen LogP contribution in [0.15, 0.2) is 30.3 Å². The number of aromatic carboxylic acids is 1. The van der Waals surface area contributed by atoms with Gasteiger partial charge in [0.15, 0.2) is 5.78 Å². The molecule has 2 N–H and O–H groups in total. The molecule has 1 atom stereocenters. The van der Waals surface area contributed by atoms with Crippen molar-refractivity contribution in [2.24, 2.45) is 0 Å². The number of hydrogen-bond acceptors (Lipinski definition) is 4. The third-order valence-corrected chi connectivity index (χ3v) is 2.46. The number of rotatable bonds is 1. The number of aliphatic hydroxyl groups is 1. The maximum absolute atomic E-state index is 10.5. The van der Waals surface area contributed by atoms with Crippen LogP contribution in [0.2, 0.25) is 0 Å². The van der Waals surface area contributed by atoms with Crippen LogP contribution in [0.1, 0.15) is 29.6 Å². The first-order valence-corrected chi connectivity index (χ1v) is 5.51. The molecule has 0 radical (unpaired) electrons. The zero-order valence-corrected chi connectivity index (χ0v) is 9.70. The maximum atomic E-state index is 10.5. The van der Waals surface area contributed by atoms with Crippen LogP contribution in [-0.4, -0.2) is 33.9 Å².